The van der Waals surface area contributed by atoms with Crippen LogP contribution in [0.15, 0.2) is 109 Å². The van der Waals surface area contributed by atoms with Crippen molar-refractivity contribution in [3.05, 3.63) is 109 Å². The molecule has 0 fully saturated rings. The number of rotatable bonds is 3. The summed E-state index contributed by atoms with van der Waals surface area (Å²) in [6, 6.07) is 38.3. The highest BCUT2D eigenvalue weighted by Gasteiger charge is 2.19. The number of hydrogen-bond acceptors (Lipinski definition) is 1. The van der Waals surface area contributed by atoms with Crippen molar-refractivity contribution in [2.45, 2.75) is 0 Å². The van der Waals surface area contributed by atoms with Gasteiger partial charge in [0.2, 0.25) is 0 Å². The minimum atomic E-state index is 1.05. The summed E-state index contributed by atoms with van der Waals surface area (Å²) in [5, 5.41) is 17.8. The molecule has 6 aromatic carbocycles. The zero-order chi connectivity index (χ0) is 20.8. The van der Waals surface area contributed by atoms with Crippen LogP contribution >= 0.6 is 0 Å². The molecule has 0 spiro atoms. The SMILES string of the molecule is N=CN(c1c2ccccc2cc2ccccc12)c1c2ccccc2cc2ccccc12. The fourth-order valence-corrected chi connectivity index (χ4v) is 4.74. The molecule has 31 heavy (non-hydrogen) atoms. The standard InChI is InChI=1S/C29H20N2/c30-19-31(28-24-13-5-1-9-20(24)17-21-10-2-6-14-25(21)28)29-26-15-7-3-11-22(26)18-23-12-4-8-16-27(23)29/h1-19,30H. The number of hydrogen-bond donors (Lipinski definition) is 1. The second-order valence-electron chi connectivity index (χ2n) is 7.83. The molecule has 6 aromatic rings. The highest BCUT2D eigenvalue weighted by atomic mass is 15.1. The second kappa shape index (κ2) is 6.96. The third-order valence-electron chi connectivity index (χ3n) is 6.10. The topological polar surface area (TPSA) is 27.1 Å². The fourth-order valence-electron chi connectivity index (χ4n) is 4.74. The summed E-state index contributed by atoms with van der Waals surface area (Å²) >= 11 is 0. The lowest BCUT2D eigenvalue weighted by molar-refractivity contribution is 1.39. The summed E-state index contributed by atoms with van der Waals surface area (Å²) in [4.78, 5) is 2.06. The van der Waals surface area contributed by atoms with E-state index in [2.05, 4.69) is 114 Å². The fraction of sp³-hybridized carbons (Fsp3) is 0. The Bertz CT molecular complexity index is 1390. The summed E-state index contributed by atoms with van der Waals surface area (Å²) in [6.45, 7) is 0. The van der Waals surface area contributed by atoms with Crippen LogP contribution in [0.3, 0.4) is 0 Å². The molecule has 0 saturated carbocycles. The number of benzene rings is 6. The molecular formula is C29H20N2. The van der Waals surface area contributed by atoms with Gasteiger partial charge >= 0.3 is 0 Å². The first kappa shape index (κ1) is 17.7. The first-order valence-electron chi connectivity index (χ1n) is 10.5. The van der Waals surface area contributed by atoms with Gasteiger partial charge in [0.25, 0.3) is 0 Å². The van der Waals surface area contributed by atoms with E-state index in [-0.39, 0.29) is 0 Å². The minimum Gasteiger partial charge on any atom is -0.299 e. The Hall–Kier alpha value is -4.17. The van der Waals surface area contributed by atoms with Crippen molar-refractivity contribution in [1.29, 1.82) is 5.41 Å². The molecule has 0 saturated heterocycles. The van der Waals surface area contributed by atoms with Crippen molar-refractivity contribution in [3.8, 4) is 0 Å². The number of nitrogens with zero attached hydrogens (tertiary/aromatic N) is 1. The van der Waals surface area contributed by atoms with Crippen LogP contribution in [0.25, 0.3) is 43.1 Å². The van der Waals surface area contributed by atoms with Crippen LogP contribution < -0.4 is 4.90 Å². The van der Waals surface area contributed by atoms with Crippen LogP contribution in [0.2, 0.25) is 0 Å². The average molecular weight is 396 g/mol. The van der Waals surface area contributed by atoms with Crippen molar-refractivity contribution < 1.29 is 0 Å². The molecule has 0 aliphatic rings. The Morgan fingerprint density at radius 3 is 1.03 bits per heavy atom. The predicted molar refractivity (Wildman–Crippen MR) is 134 cm³/mol. The maximum absolute atomic E-state index is 8.54. The lowest BCUT2D eigenvalue weighted by atomic mass is 9.97. The van der Waals surface area contributed by atoms with Gasteiger partial charge in [-0.25, -0.2) is 0 Å². The van der Waals surface area contributed by atoms with Gasteiger partial charge in [0, 0.05) is 21.5 Å². The van der Waals surface area contributed by atoms with Gasteiger partial charge in [-0.15, -0.1) is 0 Å². The highest BCUT2D eigenvalue weighted by molar-refractivity contribution is 6.22. The summed E-state index contributed by atoms with van der Waals surface area (Å²) in [7, 11) is 0. The molecule has 0 heterocycles. The molecule has 0 radical (unpaired) electrons. The number of fused-ring (bicyclic) bond motifs is 4. The van der Waals surface area contributed by atoms with Crippen LogP contribution in [0.5, 0.6) is 0 Å². The van der Waals surface area contributed by atoms with Gasteiger partial charge in [0.1, 0.15) is 0 Å². The summed E-state index contributed by atoms with van der Waals surface area (Å²) in [6.07, 6.45) is 1.46. The second-order valence-corrected chi connectivity index (χ2v) is 7.83. The summed E-state index contributed by atoms with van der Waals surface area (Å²) < 4.78 is 0. The average Bonchev–Trinajstić information content (AvgIpc) is 2.83. The van der Waals surface area contributed by atoms with Crippen molar-refractivity contribution >= 4 is 60.8 Å². The van der Waals surface area contributed by atoms with Gasteiger partial charge in [-0.2, -0.15) is 0 Å². The van der Waals surface area contributed by atoms with Crippen LogP contribution in [0.1, 0.15) is 0 Å². The van der Waals surface area contributed by atoms with E-state index in [0.29, 0.717) is 0 Å². The molecule has 0 unspecified atom stereocenters. The zero-order valence-corrected chi connectivity index (χ0v) is 16.9. The van der Waals surface area contributed by atoms with E-state index in [0.717, 1.165) is 32.9 Å². The van der Waals surface area contributed by atoms with Gasteiger partial charge in [-0.05, 0) is 33.7 Å². The molecule has 0 bridgehead atoms. The molecule has 0 atom stereocenters. The molecule has 2 nitrogen and oxygen atoms in total. The first-order valence-corrected chi connectivity index (χ1v) is 10.5. The third-order valence-corrected chi connectivity index (χ3v) is 6.10. The van der Waals surface area contributed by atoms with Crippen LogP contribution in [-0.2, 0) is 0 Å². The predicted octanol–water partition coefficient (Wildman–Crippen LogP) is 8.04. The largest absolute Gasteiger partial charge is 0.299 e. The molecule has 6 rings (SSSR count). The van der Waals surface area contributed by atoms with E-state index in [1.54, 1.807) is 0 Å². The van der Waals surface area contributed by atoms with E-state index >= 15 is 0 Å². The highest BCUT2D eigenvalue weighted by Crippen LogP contribution is 2.43. The number of anilines is 2. The Morgan fingerprint density at radius 2 is 0.742 bits per heavy atom. The Balaban J connectivity index is 1.81. The quantitative estimate of drug-likeness (QED) is 0.183. The third kappa shape index (κ3) is 2.69. The molecule has 0 aliphatic carbocycles. The maximum atomic E-state index is 8.54. The van der Waals surface area contributed by atoms with E-state index < -0.39 is 0 Å². The molecule has 0 aliphatic heterocycles. The summed E-state index contributed by atoms with van der Waals surface area (Å²) in [5.41, 5.74) is 2.09. The molecule has 2 heteroatoms. The molecular weight excluding hydrogens is 376 g/mol. The zero-order valence-electron chi connectivity index (χ0n) is 16.9. The van der Waals surface area contributed by atoms with Crippen molar-refractivity contribution in [2.24, 2.45) is 0 Å². The Labute approximate surface area is 180 Å². The summed E-state index contributed by atoms with van der Waals surface area (Å²) in [5.74, 6) is 0. The normalized spacial score (nSPS) is 11.4. The Morgan fingerprint density at radius 1 is 0.452 bits per heavy atom. The first-order chi connectivity index (χ1) is 15.3. The van der Waals surface area contributed by atoms with Crippen LogP contribution in [0, 0.1) is 5.41 Å². The number of nitrogens with one attached hydrogen (secondary N) is 1. The van der Waals surface area contributed by atoms with Gasteiger partial charge in [0.15, 0.2) is 0 Å². The molecule has 0 aromatic heterocycles. The molecule has 1 N–H and O–H groups in total. The van der Waals surface area contributed by atoms with Gasteiger partial charge in [0.05, 0.1) is 17.7 Å². The van der Waals surface area contributed by atoms with Crippen molar-refractivity contribution in [1.82, 2.24) is 0 Å². The van der Waals surface area contributed by atoms with E-state index in [1.807, 2.05) is 0 Å². The lowest BCUT2D eigenvalue weighted by Crippen LogP contribution is -2.15. The molecule has 0 amide bonds. The van der Waals surface area contributed by atoms with Crippen molar-refractivity contribution in [2.75, 3.05) is 4.90 Å². The van der Waals surface area contributed by atoms with Crippen molar-refractivity contribution in [3.63, 3.8) is 0 Å². The van der Waals surface area contributed by atoms with Gasteiger partial charge in [-0.3, -0.25) is 10.3 Å². The minimum absolute atomic E-state index is 1.05. The monoisotopic (exact) mass is 396 g/mol. The van der Waals surface area contributed by atoms with E-state index in [9.17, 15) is 0 Å². The lowest BCUT2D eigenvalue weighted by Gasteiger charge is -2.26. The maximum Gasteiger partial charge on any atom is 0.0908 e. The van der Waals surface area contributed by atoms with E-state index in [4.69, 9.17) is 5.41 Å². The smallest absolute Gasteiger partial charge is 0.0908 e. The molecule has 146 valence electrons. The Kier molecular flexibility index (Phi) is 3.97. The van der Waals surface area contributed by atoms with E-state index in [1.165, 1.54) is 27.9 Å². The van der Waals surface area contributed by atoms with Crippen LogP contribution in [-0.4, -0.2) is 6.34 Å². The van der Waals surface area contributed by atoms with Gasteiger partial charge < -0.3 is 0 Å². The van der Waals surface area contributed by atoms with Gasteiger partial charge in [-0.1, -0.05) is 97.1 Å². The van der Waals surface area contributed by atoms with Crippen LogP contribution in [0.4, 0.5) is 11.4 Å².